The lowest BCUT2D eigenvalue weighted by Crippen LogP contribution is -2.30. The fraction of sp³-hybridized carbons (Fsp3) is 0.120. The molecular formula is C25H18BrClN2O8. The Bertz CT molecular complexity index is 1430. The minimum Gasteiger partial charge on any atom is -0.487 e. The fourth-order valence-corrected chi connectivity index (χ4v) is 4.39. The average molecular weight is 590 g/mol. The van der Waals surface area contributed by atoms with E-state index in [1.807, 2.05) is 0 Å². The first kappa shape index (κ1) is 26.0. The zero-order chi connectivity index (χ0) is 26.7. The summed E-state index contributed by atoms with van der Waals surface area (Å²) in [5.74, 6) is -1.81. The molecule has 1 aliphatic heterocycles. The van der Waals surface area contributed by atoms with E-state index in [2.05, 4.69) is 26.0 Å². The van der Waals surface area contributed by atoms with Gasteiger partial charge in [0.05, 0.1) is 23.7 Å². The molecule has 0 radical (unpaired) electrons. The van der Waals surface area contributed by atoms with Gasteiger partial charge in [0.25, 0.3) is 5.91 Å². The van der Waals surface area contributed by atoms with Gasteiger partial charge in [0.1, 0.15) is 23.8 Å². The maximum atomic E-state index is 13.0. The molecule has 0 saturated carbocycles. The SMILES string of the molecule is COC(=O)c1ccc(CN2C(=O)N/C(=C\c3cc(Cl)cc(Br)c3OCc3ccc(C(=O)O)cc3)C2=O)o1. The van der Waals surface area contributed by atoms with Crippen LogP contribution in [0.25, 0.3) is 6.08 Å². The number of nitrogens with zero attached hydrogens (tertiary/aromatic N) is 1. The number of carbonyl (C=O) groups is 4. The Hall–Kier alpha value is -4.09. The standard InChI is InChI=1S/C25H18BrClN2O8/c1-35-24(33)20-7-6-17(37-20)11-29-22(30)19(28-25(29)34)9-15-8-16(27)10-18(26)21(15)36-12-13-2-4-14(5-3-13)23(31)32/h2-10H,11-12H2,1H3,(H,28,34)(H,31,32)/b19-9-. The van der Waals surface area contributed by atoms with Crippen molar-refractivity contribution in [3.8, 4) is 5.75 Å². The number of urea groups is 1. The molecule has 0 unspecified atom stereocenters. The zero-order valence-electron chi connectivity index (χ0n) is 19.1. The van der Waals surface area contributed by atoms with Crippen molar-refractivity contribution < 1.29 is 38.2 Å². The van der Waals surface area contributed by atoms with Crippen LogP contribution in [0.2, 0.25) is 5.02 Å². The van der Waals surface area contributed by atoms with Crippen LogP contribution in [0.15, 0.2) is 63.1 Å². The molecule has 0 atom stereocenters. The summed E-state index contributed by atoms with van der Waals surface area (Å²) in [6.07, 6.45) is 1.43. The quantitative estimate of drug-likeness (QED) is 0.216. The molecule has 2 aromatic carbocycles. The highest BCUT2D eigenvalue weighted by molar-refractivity contribution is 9.10. The number of carboxylic acid groups (broad SMARTS) is 1. The summed E-state index contributed by atoms with van der Waals surface area (Å²) in [5, 5.41) is 11.9. The second-order valence-corrected chi connectivity index (χ2v) is 9.02. The van der Waals surface area contributed by atoms with E-state index >= 15 is 0 Å². The van der Waals surface area contributed by atoms with Crippen LogP contribution >= 0.6 is 27.5 Å². The number of hydrogen-bond acceptors (Lipinski definition) is 7. The maximum absolute atomic E-state index is 13.0. The number of methoxy groups -OCH3 is 1. The van der Waals surface area contributed by atoms with E-state index in [0.717, 1.165) is 4.90 Å². The molecule has 1 saturated heterocycles. The van der Waals surface area contributed by atoms with Crippen LogP contribution in [-0.2, 0) is 22.7 Å². The first-order valence-electron chi connectivity index (χ1n) is 10.6. The first-order chi connectivity index (χ1) is 17.7. The number of aromatic carboxylic acids is 1. The first-order valence-corrected chi connectivity index (χ1v) is 11.8. The van der Waals surface area contributed by atoms with Gasteiger partial charge >= 0.3 is 18.0 Å². The number of hydrogen-bond donors (Lipinski definition) is 2. The van der Waals surface area contributed by atoms with Crippen molar-refractivity contribution in [2.24, 2.45) is 0 Å². The molecule has 1 fully saturated rings. The molecule has 12 heteroatoms. The molecule has 190 valence electrons. The molecule has 0 spiro atoms. The molecular weight excluding hydrogens is 572 g/mol. The third kappa shape index (κ3) is 5.84. The van der Waals surface area contributed by atoms with Crippen LogP contribution in [0.1, 0.15) is 37.8 Å². The lowest BCUT2D eigenvalue weighted by Gasteiger charge is -2.13. The Morgan fingerprint density at radius 1 is 1.16 bits per heavy atom. The monoisotopic (exact) mass is 588 g/mol. The topological polar surface area (TPSA) is 135 Å². The van der Waals surface area contributed by atoms with E-state index in [0.29, 0.717) is 26.4 Å². The fourth-order valence-electron chi connectivity index (χ4n) is 3.44. The van der Waals surface area contributed by atoms with E-state index in [4.69, 9.17) is 25.9 Å². The van der Waals surface area contributed by atoms with E-state index in [1.54, 1.807) is 24.3 Å². The van der Waals surface area contributed by atoms with Crippen LogP contribution in [0.4, 0.5) is 4.79 Å². The van der Waals surface area contributed by atoms with Crippen molar-refractivity contribution in [3.05, 3.63) is 91.9 Å². The molecule has 3 amide bonds. The van der Waals surface area contributed by atoms with Crippen molar-refractivity contribution in [2.75, 3.05) is 7.11 Å². The molecule has 1 aromatic heterocycles. The number of rotatable bonds is 8. The largest absolute Gasteiger partial charge is 0.487 e. The number of carboxylic acids is 1. The van der Waals surface area contributed by atoms with Gasteiger partial charge in [0, 0.05) is 10.6 Å². The summed E-state index contributed by atoms with van der Waals surface area (Å²) in [6, 6.07) is 11.6. The Kier molecular flexibility index (Phi) is 7.65. The van der Waals surface area contributed by atoms with Gasteiger partial charge < -0.3 is 24.3 Å². The second-order valence-electron chi connectivity index (χ2n) is 7.73. The predicted octanol–water partition coefficient (Wildman–Crippen LogP) is 4.85. The number of halogens is 2. The van der Waals surface area contributed by atoms with Gasteiger partial charge in [-0.05, 0) is 64.0 Å². The second kappa shape index (κ2) is 10.9. The van der Waals surface area contributed by atoms with E-state index < -0.39 is 23.9 Å². The van der Waals surface area contributed by atoms with Crippen LogP contribution in [0.3, 0.4) is 0 Å². The summed E-state index contributed by atoms with van der Waals surface area (Å²) < 4.78 is 16.4. The minimum atomic E-state index is -1.03. The Balaban J connectivity index is 1.54. The van der Waals surface area contributed by atoms with Crippen LogP contribution in [0.5, 0.6) is 5.75 Å². The van der Waals surface area contributed by atoms with Gasteiger partial charge in [-0.25, -0.2) is 14.4 Å². The number of benzene rings is 2. The van der Waals surface area contributed by atoms with Crippen molar-refractivity contribution in [1.29, 1.82) is 0 Å². The zero-order valence-corrected chi connectivity index (χ0v) is 21.5. The highest BCUT2D eigenvalue weighted by atomic mass is 79.9. The van der Waals surface area contributed by atoms with Gasteiger partial charge in [0.2, 0.25) is 5.76 Å². The molecule has 37 heavy (non-hydrogen) atoms. The summed E-state index contributed by atoms with van der Waals surface area (Å²) in [4.78, 5) is 49.0. The summed E-state index contributed by atoms with van der Waals surface area (Å²) in [6.45, 7) is -0.0995. The molecule has 0 bridgehead atoms. The lowest BCUT2D eigenvalue weighted by molar-refractivity contribution is -0.123. The lowest BCUT2D eigenvalue weighted by atomic mass is 10.1. The number of carbonyl (C=O) groups excluding carboxylic acids is 3. The van der Waals surface area contributed by atoms with Crippen LogP contribution < -0.4 is 10.1 Å². The third-order valence-corrected chi connectivity index (χ3v) is 6.05. The van der Waals surface area contributed by atoms with Crippen molar-refractivity contribution in [1.82, 2.24) is 10.2 Å². The number of ether oxygens (including phenoxy) is 2. The molecule has 10 nitrogen and oxygen atoms in total. The normalized spacial score (nSPS) is 14.1. The smallest absolute Gasteiger partial charge is 0.373 e. The predicted molar refractivity (Wildman–Crippen MR) is 134 cm³/mol. The number of furan rings is 1. The van der Waals surface area contributed by atoms with Gasteiger partial charge in [-0.15, -0.1) is 0 Å². The van der Waals surface area contributed by atoms with Gasteiger partial charge in [-0.2, -0.15) is 0 Å². The average Bonchev–Trinajstić information content (AvgIpc) is 3.43. The van der Waals surface area contributed by atoms with Gasteiger partial charge in [-0.1, -0.05) is 23.7 Å². The summed E-state index contributed by atoms with van der Waals surface area (Å²) >= 11 is 9.61. The maximum Gasteiger partial charge on any atom is 0.373 e. The molecule has 4 rings (SSSR count). The van der Waals surface area contributed by atoms with E-state index in [9.17, 15) is 19.2 Å². The van der Waals surface area contributed by atoms with Crippen molar-refractivity contribution in [3.63, 3.8) is 0 Å². The molecule has 2 heterocycles. The number of nitrogens with one attached hydrogen (secondary N) is 1. The van der Waals surface area contributed by atoms with E-state index in [1.165, 1.54) is 37.5 Å². The minimum absolute atomic E-state index is 0.0189. The highest BCUT2D eigenvalue weighted by Crippen LogP contribution is 2.35. The van der Waals surface area contributed by atoms with Gasteiger partial charge in [0.15, 0.2) is 0 Å². The third-order valence-electron chi connectivity index (χ3n) is 5.25. The van der Waals surface area contributed by atoms with Gasteiger partial charge in [-0.3, -0.25) is 9.69 Å². The van der Waals surface area contributed by atoms with Crippen molar-refractivity contribution >= 4 is 57.5 Å². The summed E-state index contributed by atoms with van der Waals surface area (Å²) in [7, 11) is 1.21. The Labute approximate surface area is 223 Å². The van der Waals surface area contributed by atoms with Crippen LogP contribution in [0, 0.1) is 0 Å². The molecule has 0 aliphatic carbocycles. The highest BCUT2D eigenvalue weighted by Gasteiger charge is 2.34. The Morgan fingerprint density at radius 2 is 1.89 bits per heavy atom. The Morgan fingerprint density at radius 3 is 2.57 bits per heavy atom. The van der Waals surface area contributed by atoms with Crippen LogP contribution in [-0.4, -0.2) is 41.0 Å². The molecule has 3 aromatic rings. The number of esters is 1. The number of amides is 3. The number of imide groups is 1. The summed E-state index contributed by atoms with van der Waals surface area (Å²) in [5.41, 5.74) is 1.26. The molecule has 2 N–H and O–H groups in total. The van der Waals surface area contributed by atoms with Crippen molar-refractivity contribution in [2.45, 2.75) is 13.2 Å². The van der Waals surface area contributed by atoms with E-state index in [-0.39, 0.29) is 35.9 Å². The molecule has 1 aliphatic rings.